The third-order valence-corrected chi connectivity index (χ3v) is 4.76. The standard InChI is InChI=1S/C18H21N3O2/c22-17(20-12-6-7-12)14-10-16(19-11-18(23)8-3-9-18)21-15-5-2-1-4-13(14)15/h1-2,4-5,10,12,23H,3,6-9,11H2,(H,19,21)(H,20,22). The number of carbonyl (C=O) groups is 1. The third-order valence-electron chi connectivity index (χ3n) is 4.76. The summed E-state index contributed by atoms with van der Waals surface area (Å²) in [5, 5.41) is 17.3. The SMILES string of the molecule is O=C(NC1CC1)c1cc(NCC2(O)CCC2)nc2ccccc12. The first-order chi connectivity index (χ1) is 11.1. The minimum absolute atomic E-state index is 0.0449. The van der Waals surface area contributed by atoms with Crippen LogP contribution in [0, 0.1) is 0 Å². The van der Waals surface area contributed by atoms with E-state index in [0.29, 0.717) is 24.0 Å². The van der Waals surface area contributed by atoms with Crippen LogP contribution in [0.2, 0.25) is 0 Å². The van der Waals surface area contributed by atoms with Gasteiger partial charge in [0, 0.05) is 18.0 Å². The molecule has 1 aromatic heterocycles. The molecule has 120 valence electrons. The molecule has 4 rings (SSSR count). The fourth-order valence-corrected chi connectivity index (χ4v) is 2.96. The van der Waals surface area contributed by atoms with Gasteiger partial charge in [0.15, 0.2) is 0 Å². The topological polar surface area (TPSA) is 74.2 Å². The summed E-state index contributed by atoms with van der Waals surface area (Å²) < 4.78 is 0. The number of hydrogen-bond donors (Lipinski definition) is 3. The van der Waals surface area contributed by atoms with Gasteiger partial charge in [-0.05, 0) is 44.2 Å². The minimum atomic E-state index is -0.621. The highest BCUT2D eigenvalue weighted by Gasteiger charge is 2.34. The van der Waals surface area contributed by atoms with Gasteiger partial charge in [-0.2, -0.15) is 0 Å². The molecule has 23 heavy (non-hydrogen) atoms. The zero-order valence-electron chi connectivity index (χ0n) is 13.0. The fraction of sp³-hybridized carbons (Fsp3) is 0.444. The van der Waals surface area contributed by atoms with Crippen molar-refractivity contribution >= 4 is 22.6 Å². The van der Waals surface area contributed by atoms with E-state index in [-0.39, 0.29) is 5.91 Å². The quantitative estimate of drug-likeness (QED) is 0.793. The predicted molar refractivity (Wildman–Crippen MR) is 89.5 cm³/mol. The summed E-state index contributed by atoms with van der Waals surface area (Å²) in [6.07, 6.45) is 4.84. The Bertz CT molecular complexity index is 751. The second kappa shape index (κ2) is 5.49. The number of para-hydroxylation sites is 1. The van der Waals surface area contributed by atoms with Gasteiger partial charge in [0.25, 0.3) is 5.91 Å². The van der Waals surface area contributed by atoms with E-state index in [9.17, 15) is 9.90 Å². The molecule has 1 heterocycles. The molecule has 0 unspecified atom stereocenters. The number of amides is 1. The van der Waals surface area contributed by atoms with Crippen molar-refractivity contribution in [2.24, 2.45) is 0 Å². The summed E-state index contributed by atoms with van der Waals surface area (Å²) >= 11 is 0. The lowest BCUT2D eigenvalue weighted by Gasteiger charge is -2.36. The van der Waals surface area contributed by atoms with E-state index < -0.39 is 5.60 Å². The van der Waals surface area contributed by atoms with Crippen molar-refractivity contribution in [3.8, 4) is 0 Å². The van der Waals surface area contributed by atoms with Gasteiger partial charge in [0.2, 0.25) is 0 Å². The number of benzene rings is 1. The molecule has 3 N–H and O–H groups in total. The lowest BCUT2D eigenvalue weighted by molar-refractivity contribution is -0.0202. The van der Waals surface area contributed by atoms with Crippen LogP contribution in [-0.4, -0.2) is 34.2 Å². The largest absolute Gasteiger partial charge is 0.388 e. The zero-order chi connectivity index (χ0) is 15.9. The highest BCUT2D eigenvalue weighted by molar-refractivity contribution is 6.07. The van der Waals surface area contributed by atoms with Crippen molar-refractivity contribution in [2.45, 2.75) is 43.7 Å². The molecular formula is C18H21N3O2. The Kier molecular flexibility index (Phi) is 3.45. The van der Waals surface area contributed by atoms with Crippen LogP contribution in [-0.2, 0) is 0 Å². The van der Waals surface area contributed by atoms with Gasteiger partial charge in [-0.15, -0.1) is 0 Å². The number of nitrogens with one attached hydrogen (secondary N) is 2. The molecule has 0 bridgehead atoms. The molecular weight excluding hydrogens is 290 g/mol. The van der Waals surface area contributed by atoms with Crippen LogP contribution in [0.4, 0.5) is 5.82 Å². The number of aliphatic hydroxyl groups is 1. The molecule has 0 saturated heterocycles. The van der Waals surface area contributed by atoms with E-state index in [1.54, 1.807) is 6.07 Å². The Morgan fingerprint density at radius 1 is 1.30 bits per heavy atom. The number of anilines is 1. The smallest absolute Gasteiger partial charge is 0.252 e. The van der Waals surface area contributed by atoms with E-state index in [1.165, 1.54) is 0 Å². The number of fused-ring (bicyclic) bond motifs is 1. The number of hydrogen-bond acceptors (Lipinski definition) is 4. The highest BCUT2D eigenvalue weighted by atomic mass is 16.3. The Balaban J connectivity index is 1.63. The Morgan fingerprint density at radius 3 is 2.78 bits per heavy atom. The molecule has 5 nitrogen and oxygen atoms in total. The van der Waals surface area contributed by atoms with Gasteiger partial charge in [0.1, 0.15) is 5.82 Å². The molecule has 5 heteroatoms. The van der Waals surface area contributed by atoms with Gasteiger partial charge in [-0.3, -0.25) is 4.79 Å². The van der Waals surface area contributed by atoms with E-state index in [2.05, 4.69) is 15.6 Å². The maximum atomic E-state index is 12.5. The van der Waals surface area contributed by atoms with Crippen LogP contribution in [0.1, 0.15) is 42.5 Å². The average molecular weight is 311 g/mol. The van der Waals surface area contributed by atoms with Gasteiger partial charge in [0.05, 0.1) is 16.7 Å². The van der Waals surface area contributed by atoms with Crippen LogP contribution in [0.3, 0.4) is 0 Å². The van der Waals surface area contributed by atoms with Crippen LogP contribution in [0.15, 0.2) is 30.3 Å². The molecule has 2 fully saturated rings. The van der Waals surface area contributed by atoms with E-state index in [0.717, 1.165) is 43.0 Å². The Labute approximate surface area is 135 Å². The van der Waals surface area contributed by atoms with Crippen LogP contribution in [0.25, 0.3) is 10.9 Å². The maximum Gasteiger partial charge on any atom is 0.252 e. The molecule has 0 radical (unpaired) electrons. The summed E-state index contributed by atoms with van der Waals surface area (Å²) in [5.41, 5.74) is 0.814. The normalized spacial score (nSPS) is 19.2. The lowest BCUT2D eigenvalue weighted by atomic mass is 9.80. The van der Waals surface area contributed by atoms with E-state index >= 15 is 0 Å². The van der Waals surface area contributed by atoms with Gasteiger partial charge < -0.3 is 15.7 Å². The Hall–Kier alpha value is -2.14. The van der Waals surface area contributed by atoms with Crippen molar-refractivity contribution < 1.29 is 9.90 Å². The Morgan fingerprint density at radius 2 is 2.09 bits per heavy atom. The molecule has 0 atom stereocenters. The zero-order valence-corrected chi connectivity index (χ0v) is 13.0. The number of rotatable bonds is 5. The number of pyridine rings is 1. The molecule has 0 aliphatic heterocycles. The molecule has 2 aromatic rings. The van der Waals surface area contributed by atoms with Crippen LogP contribution < -0.4 is 10.6 Å². The minimum Gasteiger partial charge on any atom is -0.388 e. The fourth-order valence-electron chi connectivity index (χ4n) is 2.96. The summed E-state index contributed by atoms with van der Waals surface area (Å²) in [6, 6.07) is 9.78. The van der Waals surface area contributed by atoms with Crippen molar-refractivity contribution in [3.63, 3.8) is 0 Å². The molecule has 2 aliphatic rings. The first-order valence-electron chi connectivity index (χ1n) is 8.30. The van der Waals surface area contributed by atoms with Gasteiger partial charge >= 0.3 is 0 Å². The highest BCUT2D eigenvalue weighted by Crippen LogP contribution is 2.32. The first-order valence-corrected chi connectivity index (χ1v) is 8.30. The predicted octanol–water partition coefficient (Wildman–Crippen LogP) is 2.45. The van der Waals surface area contributed by atoms with Crippen molar-refractivity contribution in [1.29, 1.82) is 0 Å². The lowest BCUT2D eigenvalue weighted by Crippen LogP contribution is -2.43. The second-order valence-corrected chi connectivity index (χ2v) is 6.75. The van der Waals surface area contributed by atoms with Crippen molar-refractivity contribution in [3.05, 3.63) is 35.9 Å². The van der Waals surface area contributed by atoms with Gasteiger partial charge in [-0.1, -0.05) is 18.2 Å². The third kappa shape index (κ3) is 3.01. The summed E-state index contributed by atoms with van der Waals surface area (Å²) in [5.74, 6) is 0.599. The van der Waals surface area contributed by atoms with Crippen LogP contribution >= 0.6 is 0 Å². The number of aromatic nitrogens is 1. The summed E-state index contributed by atoms with van der Waals surface area (Å²) in [4.78, 5) is 17.1. The summed E-state index contributed by atoms with van der Waals surface area (Å²) in [6.45, 7) is 0.474. The second-order valence-electron chi connectivity index (χ2n) is 6.75. The molecule has 2 saturated carbocycles. The molecule has 0 spiro atoms. The number of carbonyl (C=O) groups excluding carboxylic acids is 1. The van der Waals surface area contributed by atoms with Crippen molar-refractivity contribution in [2.75, 3.05) is 11.9 Å². The van der Waals surface area contributed by atoms with E-state index in [4.69, 9.17) is 0 Å². The van der Waals surface area contributed by atoms with Crippen molar-refractivity contribution in [1.82, 2.24) is 10.3 Å². The maximum absolute atomic E-state index is 12.5. The summed E-state index contributed by atoms with van der Waals surface area (Å²) in [7, 11) is 0. The monoisotopic (exact) mass is 311 g/mol. The molecule has 2 aliphatic carbocycles. The number of nitrogens with zero attached hydrogens (tertiary/aromatic N) is 1. The van der Waals surface area contributed by atoms with Crippen LogP contribution in [0.5, 0.6) is 0 Å². The molecule has 1 amide bonds. The van der Waals surface area contributed by atoms with E-state index in [1.807, 2.05) is 24.3 Å². The van der Waals surface area contributed by atoms with Gasteiger partial charge in [-0.25, -0.2) is 4.98 Å². The first kappa shape index (κ1) is 14.5. The average Bonchev–Trinajstić information content (AvgIpc) is 3.34. The molecule has 1 aromatic carbocycles.